The fraction of sp³-hybridized carbons (Fsp3) is 0.600. The van der Waals surface area contributed by atoms with Crippen molar-refractivity contribution in [3.8, 4) is 0 Å². The van der Waals surface area contributed by atoms with Crippen LogP contribution >= 0.6 is 0 Å². The molecule has 0 bridgehead atoms. The molecule has 1 aromatic heterocycles. The van der Waals surface area contributed by atoms with Crippen LogP contribution in [0.3, 0.4) is 0 Å². The van der Waals surface area contributed by atoms with Gasteiger partial charge >= 0.3 is 5.97 Å². The number of hydrogen-bond acceptors (Lipinski definition) is 4. The van der Waals surface area contributed by atoms with Gasteiger partial charge in [0.05, 0.1) is 5.69 Å². The Balaban J connectivity index is 2.03. The van der Waals surface area contributed by atoms with Crippen molar-refractivity contribution in [2.45, 2.75) is 18.8 Å². The van der Waals surface area contributed by atoms with Crippen molar-refractivity contribution in [2.75, 3.05) is 20.1 Å². The lowest BCUT2D eigenvalue weighted by Gasteiger charge is -2.06. The van der Waals surface area contributed by atoms with Crippen LogP contribution in [-0.4, -0.2) is 41.1 Å². The van der Waals surface area contributed by atoms with E-state index < -0.39 is 5.97 Å². The monoisotopic (exact) mass is 210 g/mol. The Morgan fingerprint density at radius 2 is 2.60 bits per heavy atom. The molecule has 1 aromatic rings. The third kappa shape index (κ3) is 2.36. The molecule has 1 fully saturated rings. The molecule has 82 valence electrons. The molecule has 2 rings (SSSR count). The number of aliphatic carboxylic acids is 1. The van der Waals surface area contributed by atoms with Gasteiger partial charge in [-0.1, -0.05) is 0 Å². The molecule has 2 heterocycles. The number of rotatable bonds is 3. The fourth-order valence-corrected chi connectivity index (χ4v) is 1.90. The van der Waals surface area contributed by atoms with E-state index in [-0.39, 0.29) is 6.42 Å². The molecule has 5 nitrogen and oxygen atoms in total. The number of hydrogen-bond donors (Lipinski definition) is 1. The Kier molecular flexibility index (Phi) is 2.73. The minimum absolute atomic E-state index is 0.136. The van der Waals surface area contributed by atoms with E-state index in [9.17, 15) is 4.79 Å². The van der Waals surface area contributed by atoms with Crippen LogP contribution in [-0.2, 0) is 11.2 Å². The highest BCUT2D eigenvalue weighted by atomic mass is 16.4. The summed E-state index contributed by atoms with van der Waals surface area (Å²) in [6.45, 7) is 2.03. The Morgan fingerprint density at radius 1 is 1.80 bits per heavy atom. The average Bonchev–Trinajstić information content (AvgIpc) is 2.72. The number of carbonyl (C=O) groups is 1. The summed E-state index contributed by atoms with van der Waals surface area (Å²) in [6, 6.07) is 0. The molecule has 1 N–H and O–H groups in total. The molecule has 1 aliphatic heterocycles. The van der Waals surface area contributed by atoms with E-state index in [1.807, 2.05) is 0 Å². The zero-order valence-corrected chi connectivity index (χ0v) is 8.64. The second kappa shape index (κ2) is 4.02. The molecule has 0 aliphatic carbocycles. The van der Waals surface area contributed by atoms with Gasteiger partial charge in [-0.3, -0.25) is 4.79 Å². The van der Waals surface area contributed by atoms with Crippen molar-refractivity contribution in [3.63, 3.8) is 0 Å². The van der Waals surface area contributed by atoms with Crippen molar-refractivity contribution in [3.05, 3.63) is 17.8 Å². The molecular weight excluding hydrogens is 196 g/mol. The molecule has 1 saturated heterocycles. The standard InChI is InChI=1S/C10H14N2O3/c1-12-3-2-7(5-12)8-6-15-9(11-8)4-10(13)14/h6-7H,2-5H2,1H3,(H,13,14). The molecule has 5 heteroatoms. The Hall–Kier alpha value is -1.36. The van der Waals surface area contributed by atoms with E-state index >= 15 is 0 Å². The maximum Gasteiger partial charge on any atom is 0.312 e. The highest BCUT2D eigenvalue weighted by Gasteiger charge is 2.24. The lowest BCUT2D eigenvalue weighted by Crippen LogP contribution is -2.13. The van der Waals surface area contributed by atoms with Crippen molar-refractivity contribution < 1.29 is 14.3 Å². The third-order valence-corrected chi connectivity index (χ3v) is 2.68. The number of likely N-dealkylation sites (N-methyl/N-ethyl adjacent to an activating group) is 1. The van der Waals surface area contributed by atoms with Crippen molar-refractivity contribution in [1.82, 2.24) is 9.88 Å². The fourth-order valence-electron chi connectivity index (χ4n) is 1.90. The predicted molar refractivity (Wildman–Crippen MR) is 52.7 cm³/mol. The van der Waals surface area contributed by atoms with Gasteiger partial charge in [0.15, 0.2) is 0 Å². The van der Waals surface area contributed by atoms with Gasteiger partial charge in [0, 0.05) is 12.5 Å². The first-order valence-electron chi connectivity index (χ1n) is 5.00. The van der Waals surface area contributed by atoms with Crippen LogP contribution in [0, 0.1) is 0 Å². The van der Waals surface area contributed by atoms with Gasteiger partial charge in [0.1, 0.15) is 12.7 Å². The van der Waals surface area contributed by atoms with Crippen molar-refractivity contribution in [2.24, 2.45) is 0 Å². The lowest BCUT2D eigenvalue weighted by atomic mass is 10.1. The molecule has 1 aliphatic rings. The van der Waals surface area contributed by atoms with Gasteiger partial charge < -0.3 is 14.4 Å². The van der Waals surface area contributed by atoms with Crippen LogP contribution in [0.2, 0.25) is 0 Å². The van der Waals surface area contributed by atoms with Gasteiger partial charge in [-0.2, -0.15) is 0 Å². The Morgan fingerprint density at radius 3 is 3.20 bits per heavy atom. The molecule has 0 saturated carbocycles. The third-order valence-electron chi connectivity index (χ3n) is 2.68. The van der Waals surface area contributed by atoms with Gasteiger partial charge in [-0.25, -0.2) is 4.98 Å². The van der Waals surface area contributed by atoms with Gasteiger partial charge in [-0.05, 0) is 20.0 Å². The summed E-state index contributed by atoms with van der Waals surface area (Å²) < 4.78 is 5.11. The van der Waals surface area contributed by atoms with Crippen LogP contribution in [0.4, 0.5) is 0 Å². The summed E-state index contributed by atoms with van der Waals surface area (Å²) in [5, 5.41) is 8.58. The zero-order valence-electron chi connectivity index (χ0n) is 8.64. The van der Waals surface area contributed by atoms with E-state index in [1.54, 1.807) is 6.26 Å². The molecule has 15 heavy (non-hydrogen) atoms. The van der Waals surface area contributed by atoms with Crippen molar-refractivity contribution >= 4 is 5.97 Å². The first-order valence-corrected chi connectivity index (χ1v) is 5.00. The topological polar surface area (TPSA) is 66.6 Å². The largest absolute Gasteiger partial charge is 0.481 e. The van der Waals surface area contributed by atoms with E-state index in [4.69, 9.17) is 9.52 Å². The molecular formula is C10H14N2O3. The maximum atomic E-state index is 10.4. The first-order chi connectivity index (χ1) is 7.15. The summed E-state index contributed by atoms with van der Waals surface area (Å²) in [5.74, 6) is -0.222. The minimum atomic E-state index is -0.910. The second-order valence-electron chi connectivity index (χ2n) is 3.98. The number of carboxylic acid groups (broad SMARTS) is 1. The van der Waals surface area contributed by atoms with E-state index in [2.05, 4.69) is 16.9 Å². The number of carboxylic acids is 1. The molecule has 1 atom stereocenters. The summed E-state index contributed by atoms with van der Waals surface area (Å²) in [7, 11) is 2.07. The lowest BCUT2D eigenvalue weighted by molar-refractivity contribution is -0.136. The highest BCUT2D eigenvalue weighted by Crippen LogP contribution is 2.25. The highest BCUT2D eigenvalue weighted by molar-refractivity contribution is 5.68. The number of aromatic nitrogens is 1. The van der Waals surface area contributed by atoms with Gasteiger partial charge in [0.2, 0.25) is 5.89 Å². The Labute approximate surface area is 87.7 Å². The first kappa shape index (κ1) is 10.2. The van der Waals surface area contributed by atoms with E-state index in [0.29, 0.717) is 11.8 Å². The average molecular weight is 210 g/mol. The van der Waals surface area contributed by atoms with Crippen LogP contribution in [0.1, 0.15) is 23.9 Å². The molecule has 1 unspecified atom stereocenters. The normalized spacial score (nSPS) is 22.1. The van der Waals surface area contributed by atoms with Crippen LogP contribution in [0.25, 0.3) is 0 Å². The molecule has 0 amide bonds. The quantitative estimate of drug-likeness (QED) is 0.796. The molecule has 0 radical (unpaired) electrons. The predicted octanol–water partition coefficient (Wildman–Crippen LogP) is 0.721. The van der Waals surface area contributed by atoms with E-state index in [1.165, 1.54) is 0 Å². The summed E-state index contributed by atoms with van der Waals surface area (Å²) in [5.41, 5.74) is 0.885. The number of nitrogens with zero attached hydrogens (tertiary/aromatic N) is 2. The van der Waals surface area contributed by atoms with Crippen molar-refractivity contribution in [1.29, 1.82) is 0 Å². The minimum Gasteiger partial charge on any atom is -0.481 e. The van der Waals surface area contributed by atoms with Gasteiger partial charge in [0.25, 0.3) is 0 Å². The SMILES string of the molecule is CN1CCC(c2coc(CC(=O)O)n2)C1. The smallest absolute Gasteiger partial charge is 0.312 e. The summed E-state index contributed by atoms with van der Waals surface area (Å²) in [4.78, 5) is 16.9. The second-order valence-corrected chi connectivity index (χ2v) is 3.98. The maximum absolute atomic E-state index is 10.4. The van der Waals surface area contributed by atoms with Crippen LogP contribution in [0.15, 0.2) is 10.7 Å². The number of oxazole rings is 1. The van der Waals surface area contributed by atoms with Crippen LogP contribution in [0.5, 0.6) is 0 Å². The molecule has 0 spiro atoms. The summed E-state index contributed by atoms with van der Waals surface area (Å²) in [6.07, 6.45) is 2.51. The van der Waals surface area contributed by atoms with E-state index in [0.717, 1.165) is 25.2 Å². The summed E-state index contributed by atoms with van der Waals surface area (Å²) >= 11 is 0. The zero-order chi connectivity index (χ0) is 10.8. The Bertz CT molecular complexity index is 361. The van der Waals surface area contributed by atoms with Crippen LogP contribution < -0.4 is 0 Å². The molecule has 0 aromatic carbocycles. The number of likely N-dealkylation sites (tertiary alicyclic amines) is 1. The van der Waals surface area contributed by atoms with Gasteiger partial charge in [-0.15, -0.1) is 0 Å².